The average molecular weight is 251 g/mol. The zero-order valence-corrected chi connectivity index (χ0v) is 11.2. The molecule has 0 aliphatic rings. The van der Waals surface area contributed by atoms with Gasteiger partial charge in [0.1, 0.15) is 5.82 Å². The quantitative estimate of drug-likeness (QED) is 0.761. The van der Waals surface area contributed by atoms with Gasteiger partial charge in [-0.2, -0.15) is 0 Å². The van der Waals surface area contributed by atoms with Gasteiger partial charge in [-0.05, 0) is 32.6 Å². The molecular formula is C12H21N5O. The summed E-state index contributed by atoms with van der Waals surface area (Å²) in [5.74, 6) is 1.18. The molecule has 0 fully saturated rings. The minimum Gasteiger partial charge on any atom is -0.367 e. The Morgan fingerprint density at radius 2 is 1.94 bits per heavy atom. The Kier molecular flexibility index (Phi) is 6.07. The molecule has 0 unspecified atom stereocenters. The second-order valence-corrected chi connectivity index (χ2v) is 4.33. The van der Waals surface area contributed by atoms with Crippen LogP contribution in [0.4, 0.5) is 11.6 Å². The van der Waals surface area contributed by atoms with E-state index < -0.39 is 0 Å². The second kappa shape index (κ2) is 7.60. The SMILES string of the molecule is CCCC(=O)Nc1ccc(NCCN(C)C)nn1. The number of hydrogen-bond acceptors (Lipinski definition) is 5. The van der Waals surface area contributed by atoms with Gasteiger partial charge in [-0.3, -0.25) is 4.79 Å². The van der Waals surface area contributed by atoms with Crippen LogP contribution in [0.2, 0.25) is 0 Å². The maximum absolute atomic E-state index is 11.3. The summed E-state index contributed by atoms with van der Waals surface area (Å²) in [7, 11) is 4.03. The number of nitrogens with one attached hydrogen (secondary N) is 2. The Bertz CT molecular complexity index is 363. The summed E-state index contributed by atoms with van der Waals surface area (Å²) in [6, 6.07) is 3.56. The van der Waals surface area contributed by atoms with Crippen LogP contribution in [0, 0.1) is 0 Å². The van der Waals surface area contributed by atoms with E-state index in [1.54, 1.807) is 6.07 Å². The van der Waals surface area contributed by atoms with E-state index in [-0.39, 0.29) is 5.91 Å². The van der Waals surface area contributed by atoms with Gasteiger partial charge in [0.25, 0.3) is 0 Å². The number of likely N-dealkylation sites (N-methyl/N-ethyl adjacent to an activating group) is 1. The molecule has 0 spiro atoms. The highest BCUT2D eigenvalue weighted by Crippen LogP contribution is 2.06. The van der Waals surface area contributed by atoms with Gasteiger partial charge in [0, 0.05) is 19.5 Å². The molecule has 1 heterocycles. The molecule has 0 saturated heterocycles. The molecule has 1 amide bonds. The number of carbonyl (C=O) groups is 1. The molecule has 1 rings (SSSR count). The summed E-state index contributed by atoms with van der Waals surface area (Å²) in [6.07, 6.45) is 1.33. The van der Waals surface area contributed by atoms with E-state index >= 15 is 0 Å². The fourth-order valence-corrected chi connectivity index (χ4v) is 1.33. The highest BCUT2D eigenvalue weighted by atomic mass is 16.1. The standard InChI is InChI=1S/C12H21N5O/c1-4-5-12(18)14-11-7-6-10(15-16-11)13-8-9-17(2)3/h6-7H,4-5,8-9H2,1-3H3,(H,13,15)(H,14,16,18). The van der Waals surface area contributed by atoms with Gasteiger partial charge in [0.05, 0.1) is 0 Å². The van der Waals surface area contributed by atoms with Crippen LogP contribution in [0.1, 0.15) is 19.8 Å². The van der Waals surface area contributed by atoms with Gasteiger partial charge in [0.2, 0.25) is 5.91 Å². The van der Waals surface area contributed by atoms with Crippen LogP contribution >= 0.6 is 0 Å². The highest BCUT2D eigenvalue weighted by molar-refractivity contribution is 5.89. The molecule has 1 aromatic heterocycles. The molecule has 2 N–H and O–H groups in total. The zero-order valence-electron chi connectivity index (χ0n) is 11.2. The van der Waals surface area contributed by atoms with Crippen molar-refractivity contribution >= 4 is 17.5 Å². The molecule has 0 atom stereocenters. The van der Waals surface area contributed by atoms with Crippen LogP contribution in [0.5, 0.6) is 0 Å². The van der Waals surface area contributed by atoms with Crippen molar-refractivity contribution in [2.24, 2.45) is 0 Å². The van der Waals surface area contributed by atoms with E-state index in [0.29, 0.717) is 18.1 Å². The van der Waals surface area contributed by atoms with Crippen molar-refractivity contribution in [2.75, 3.05) is 37.8 Å². The van der Waals surface area contributed by atoms with Crippen LogP contribution in [0.15, 0.2) is 12.1 Å². The molecule has 0 aromatic carbocycles. The monoisotopic (exact) mass is 251 g/mol. The minimum atomic E-state index is -0.0277. The third-order valence-electron chi connectivity index (χ3n) is 2.27. The maximum Gasteiger partial charge on any atom is 0.225 e. The largest absolute Gasteiger partial charge is 0.367 e. The predicted octanol–water partition coefficient (Wildman–Crippen LogP) is 1.19. The minimum absolute atomic E-state index is 0.0277. The average Bonchev–Trinajstić information content (AvgIpc) is 2.31. The zero-order chi connectivity index (χ0) is 13.4. The fourth-order valence-electron chi connectivity index (χ4n) is 1.33. The van der Waals surface area contributed by atoms with Crippen molar-refractivity contribution in [3.05, 3.63) is 12.1 Å². The van der Waals surface area contributed by atoms with E-state index in [4.69, 9.17) is 0 Å². The van der Waals surface area contributed by atoms with Crippen LogP contribution in [-0.4, -0.2) is 48.2 Å². The first-order valence-electron chi connectivity index (χ1n) is 6.14. The third-order valence-corrected chi connectivity index (χ3v) is 2.27. The van der Waals surface area contributed by atoms with Crippen molar-refractivity contribution in [1.29, 1.82) is 0 Å². The number of rotatable bonds is 7. The third kappa shape index (κ3) is 5.58. The second-order valence-electron chi connectivity index (χ2n) is 4.33. The Hall–Kier alpha value is -1.69. The van der Waals surface area contributed by atoms with Crippen molar-refractivity contribution in [3.8, 4) is 0 Å². The predicted molar refractivity (Wildman–Crippen MR) is 72.6 cm³/mol. The van der Waals surface area contributed by atoms with E-state index in [9.17, 15) is 4.79 Å². The lowest BCUT2D eigenvalue weighted by molar-refractivity contribution is -0.116. The highest BCUT2D eigenvalue weighted by Gasteiger charge is 2.02. The van der Waals surface area contributed by atoms with E-state index in [2.05, 4.69) is 25.7 Å². The lowest BCUT2D eigenvalue weighted by Gasteiger charge is -2.10. The number of nitrogens with zero attached hydrogens (tertiary/aromatic N) is 3. The molecule has 6 nitrogen and oxygen atoms in total. The molecule has 6 heteroatoms. The summed E-state index contributed by atoms with van der Waals surface area (Å²) >= 11 is 0. The molecule has 100 valence electrons. The van der Waals surface area contributed by atoms with Gasteiger partial charge in [-0.15, -0.1) is 10.2 Å². The van der Waals surface area contributed by atoms with Crippen molar-refractivity contribution in [3.63, 3.8) is 0 Å². The van der Waals surface area contributed by atoms with Gasteiger partial charge >= 0.3 is 0 Å². The molecule has 0 bridgehead atoms. The molecule has 1 aromatic rings. The molecule has 0 aliphatic carbocycles. The van der Waals surface area contributed by atoms with Crippen molar-refractivity contribution in [1.82, 2.24) is 15.1 Å². The van der Waals surface area contributed by atoms with Gasteiger partial charge in [0.15, 0.2) is 5.82 Å². The van der Waals surface area contributed by atoms with Crippen molar-refractivity contribution in [2.45, 2.75) is 19.8 Å². The van der Waals surface area contributed by atoms with Gasteiger partial charge < -0.3 is 15.5 Å². The van der Waals surface area contributed by atoms with Crippen LogP contribution in [-0.2, 0) is 4.79 Å². The summed E-state index contributed by atoms with van der Waals surface area (Å²) in [5.41, 5.74) is 0. The normalized spacial score (nSPS) is 10.4. The Labute approximate surface area is 108 Å². The number of anilines is 2. The summed E-state index contributed by atoms with van der Waals surface area (Å²) < 4.78 is 0. The van der Waals surface area contributed by atoms with Crippen LogP contribution in [0.25, 0.3) is 0 Å². The first kappa shape index (κ1) is 14.4. The van der Waals surface area contributed by atoms with Crippen LogP contribution < -0.4 is 10.6 Å². The summed E-state index contributed by atoms with van der Waals surface area (Å²) in [5, 5.41) is 13.8. The first-order chi connectivity index (χ1) is 8.61. The molecule has 0 radical (unpaired) electrons. The number of amides is 1. The lowest BCUT2D eigenvalue weighted by atomic mass is 10.3. The van der Waals surface area contributed by atoms with Gasteiger partial charge in [-0.25, -0.2) is 0 Å². The lowest BCUT2D eigenvalue weighted by Crippen LogP contribution is -2.21. The molecule has 18 heavy (non-hydrogen) atoms. The number of aromatic nitrogens is 2. The van der Waals surface area contributed by atoms with Gasteiger partial charge in [-0.1, -0.05) is 6.92 Å². The number of hydrogen-bond donors (Lipinski definition) is 2. The smallest absolute Gasteiger partial charge is 0.225 e. The van der Waals surface area contributed by atoms with Crippen molar-refractivity contribution < 1.29 is 4.79 Å². The fraction of sp³-hybridized carbons (Fsp3) is 0.583. The topological polar surface area (TPSA) is 70.2 Å². The Morgan fingerprint density at radius 3 is 2.50 bits per heavy atom. The molecule has 0 saturated carbocycles. The Balaban J connectivity index is 2.40. The van der Waals surface area contributed by atoms with E-state index in [1.165, 1.54) is 0 Å². The van der Waals surface area contributed by atoms with E-state index in [0.717, 1.165) is 19.5 Å². The molecular weight excluding hydrogens is 230 g/mol. The van der Waals surface area contributed by atoms with E-state index in [1.807, 2.05) is 27.1 Å². The maximum atomic E-state index is 11.3. The Morgan fingerprint density at radius 1 is 1.28 bits per heavy atom. The first-order valence-corrected chi connectivity index (χ1v) is 6.14. The summed E-state index contributed by atoms with van der Waals surface area (Å²) in [4.78, 5) is 13.4. The van der Waals surface area contributed by atoms with Crippen LogP contribution in [0.3, 0.4) is 0 Å². The number of carbonyl (C=O) groups excluding carboxylic acids is 1. The molecule has 0 aliphatic heterocycles. The summed E-state index contributed by atoms with van der Waals surface area (Å²) in [6.45, 7) is 3.70.